The third kappa shape index (κ3) is 4.14. The van der Waals surface area contributed by atoms with E-state index < -0.39 is 0 Å². The third-order valence-corrected chi connectivity index (χ3v) is 10.9. The summed E-state index contributed by atoms with van der Waals surface area (Å²) in [5.41, 5.74) is 2.44. The van der Waals surface area contributed by atoms with Crippen molar-refractivity contribution in [3.8, 4) is 0 Å². The van der Waals surface area contributed by atoms with E-state index in [0.29, 0.717) is 22.7 Å². The van der Waals surface area contributed by atoms with Gasteiger partial charge in [0.25, 0.3) is 0 Å². The van der Waals surface area contributed by atoms with Gasteiger partial charge in [0.05, 0.1) is 0 Å². The standard InChI is InChI=1S/C30H48O2/c1-19(2)20(3)8-9-21(4)26-12-13-27-25-11-10-23-18-24(32-22(5)31)14-16-29(23,6)28(25)15-17-30(26,27)7/h8-10,19-21,24-28H,11-18H2,1-7H3/t20-,21-,24?,25+,26-,27+,28+,29+,30-/m1/s1. The Morgan fingerprint density at radius 3 is 2.47 bits per heavy atom. The molecule has 0 aromatic carbocycles. The Balaban J connectivity index is 1.50. The lowest BCUT2D eigenvalue weighted by Gasteiger charge is -2.58. The van der Waals surface area contributed by atoms with Gasteiger partial charge in [-0.3, -0.25) is 4.79 Å². The number of ether oxygens (including phenoxy) is 1. The SMILES string of the molecule is CC(=O)OC1CC[C@@]2(C)C(=CC[C@H]3[C@@H]4CC[C@H]([C@H](C)C=C[C@@H](C)C(C)C)[C@@]4(C)CC[C@@H]32)C1. The van der Waals surface area contributed by atoms with Gasteiger partial charge < -0.3 is 4.74 Å². The van der Waals surface area contributed by atoms with Gasteiger partial charge in [0.2, 0.25) is 0 Å². The van der Waals surface area contributed by atoms with Crippen molar-refractivity contribution < 1.29 is 9.53 Å². The normalized spacial score (nSPS) is 43.2. The summed E-state index contributed by atoms with van der Waals surface area (Å²) >= 11 is 0. The Morgan fingerprint density at radius 1 is 1.03 bits per heavy atom. The van der Waals surface area contributed by atoms with Crippen LogP contribution in [0.3, 0.4) is 0 Å². The van der Waals surface area contributed by atoms with Gasteiger partial charge in [-0.1, -0.05) is 65.3 Å². The number of allylic oxidation sites excluding steroid dienone is 3. The van der Waals surface area contributed by atoms with Gasteiger partial charge in [0, 0.05) is 13.3 Å². The maximum Gasteiger partial charge on any atom is 0.302 e. The van der Waals surface area contributed by atoms with Crippen LogP contribution < -0.4 is 0 Å². The zero-order chi connectivity index (χ0) is 23.3. The van der Waals surface area contributed by atoms with Gasteiger partial charge >= 0.3 is 5.97 Å². The van der Waals surface area contributed by atoms with E-state index in [-0.39, 0.29) is 12.1 Å². The third-order valence-electron chi connectivity index (χ3n) is 10.9. The molecule has 0 aromatic heterocycles. The average molecular weight is 441 g/mol. The predicted octanol–water partition coefficient (Wildman–Crippen LogP) is 7.98. The van der Waals surface area contributed by atoms with E-state index in [1.807, 2.05) is 0 Å². The smallest absolute Gasteiger partial charge is 0.302 e. The fourth-order valence-electron chi connectivity index (χ4n) is 8.57. The van der Waals surface area contributed by atoms with Crippen LogP contribution in [0, 0.1) is 52.3 Å². The average Bonchev–Trinajstić information content (AvgIpc) is 3.08. The van der Waals surface area contributed by atoms with Crippen LogP contribution in [0.2, 0.25) is 0 Å². The van der Waals surface area contributed by atoms with Crippen LogP contribution in [0.15, 0.2) is 23.8 Å². The highest BCUT2D eigenvalue weighted by atomic mass is 16.5. The van der Waals surface area contributed by atoms with Crippen molar-refractivity contribution in [2.24, 2.45) is 52.3 Å². The fourth-order valence-corrected chi connectivity index (χ4v) is 8.57. The molecule has 2 heteroatoms. The highest BCUT2D eigenvalue weighted by Gasteiger charge is 2.59. The zero-order valence-corrected chi connectivity index (χ0v) is 21.8. The summed E-state index contributed by atoms with van der Waals surface area (Å²) in [5, 5.41) is 0. The molecule has 0 aliphatic heterocycles. The summed E-state index contributed by atoms with van der Waals surface area (Å²) in [5.74, 6) is 5.35. The highest BCUT2D eigenvalue weighted by Crippen LogP contribution is 2.67. The molecule has 0 bridgehead atoms. The Hall–Kier alpha value is -1.05. The molecule has 2 nitrogen and oxygen atoms in total. The van der Waals surface area contributed by atoms with Crippen molar-refractivity contribution in [3.63, 3.8) is 0 Å². The van der Waals surface area contributed by atoms with Gasteiger partial charge in [0.1, 0.15) is 6.10 Å². The van der Waals surface area contributed by atoms with Gasteiger partial charge in [0.15, 0.2) is 0 Å². The molecule has 180 valence electrons. The second-order valence-corrected chi connectivity index (χ2v) is 12.8. The molecule has 0 spiro atoms. The number of rotatable bonds is 5. The lowest BCUT2D eigenvalue weighted by molar-refractivity contribution is -0.148. The second-order valence-electron chi connectivity index (χ2n) is 12.8. The van der Waals surface area contributed by atoms with E-state index in [1.165, 1.54) is 38.5 Å². The first-order valence-corrected chi connectivity index (χ1v) is 13.6. The summed E-state index contributed by atoms with van der Waals surface area (Å²) < 4.78 is 5.62. The van der Waals surface area contributed by atoms with E-state index in [4.69, 9.17) is 4.74 Å². The summed E-state index contributed by atoms with van der Waals surface area (Å²) in [4.78, 5) is 11.5. The molecule has 9 atom stereocenters. The van der Waals surface area contributed by atoms with Gasteiger partial charge in [-0.25, -0.2) is 0 Å². The summed E-state index contributed by atoms with van der Waals surface area (Å²) in [6, 6.07) is 0. The van der Waals surface area contributed by atoms with E-state index in [1.54, 1.807) is 12.5 Å². The molecule has 0 heterocycles. The topological polar surface area (TPSA) is 26.3 Å². The van der Waals surface area contributed by atoms with Gasteiger partial charge in [-0.05, 0) is 97.2 Å². The van der Waals surface area contributed by atoms with Crippen molar-refractivity contribution >= 4 is 5.97 Å². The van der Waals surface area contributed by atoms with E-state index in [2.05, 4.69) is 59.8 Å². The number of fused-ring (bicyclic) bond motifs is 5. The molecule has 0 radical (unpaired) electrons. The van der Waals surface area contributed by atoms with E-state index in [0.717, 1.165) is 42.4 Å². The highest BCUT2D eigenvalue weighted by molar-refractivity contribution is 5.66. The Labute approximate surface area is 197 Å². The van der Waals surface area contributed by atoms with Crippen LogP contribution in [-0.4, -0.2) is 12.1 Å². The van der Waals surface area contributed by atoms with E-state index >= 15 is 0 Å². The van der Waals surface area contributed by atoms with Gasteiger partial charge in [-0.15, -0.1) is 0 Å². The summed E-state index contributed by atoms with van der Waals surface area (Å²) in [6.07, 6.45) is 17.8. The monoisotopic (exact) mass is 440 g/mol. The maximum absolute atomic E-state index is 11.5. The molecule has 4 aliphatic rings. The lowest BCUT2D eigenvalue weighted by atomic mass is 9.47. The molecular weight excluding hydrogens is 392 g/mol. The molecular formula is C30H48O2. The first kappa shape index (κ1) is 24.1. The van der Waals surface area contributed by atoms with Crippen molar-refractivity contribution in [2.45, 2.75) is 106 Å². The molecule has 4 rings (SSSR count). The van der Waals surface area contributed by atoms with Crippen LogP contribution in [-0.2, 0) is 9.53 Å². The number of hydrogen-bond donors (Lipinski definition) is 0. The minimum absolute atomic E-state index is 0.106. The quantitative estimate of drug-likeness (QED) is 0.320. The largest absolute Gasteiger partial charge is 0.462 e. The molecule has 0 saturated heterocycles. The molecule has 32 heavy (non-hydrogen) atoms. The predicted molar refractivity (Wildman–Crippen MR) is 133 cm³/mol. The van der Waals surface area contributed by atoms with E-state index in [9.17, 15) is 4.79 Å². The van der Waals surface area contributed by atoms with Crippen molar-refractivity contribution in [1.82, 2.24) is 0 Å². The van der Waals surface area contributed by atoms with Crippen molar-refractivity contribution in [1.29, 1.82) is 0 Å². The number of hydrogen-bond acceptors (Lipinski definition) is 2. The number of esters is 1. The zero-order valence-electron chi connectivity index (χ0n) is 21.8. The van der Waals surface area contributed by atoms with Crippen LogP contribution in [0.1, 0.15) is 99.8 Å². The number of carbonyl (C=O) groups is 1. The van der Waals surface area contributed by atoms with Crippen LogP contribution >= 0.6 is 0 Å². The minimum atomic E-state index is -0.121. The summed E-state index contributed by atoms with van der Waals surface area (Å²) in [6.45, 7) is 16.3. The lowest BCUT2D eigenvalue weighted by Crippen LogP contribution is -2.51. The minimum Gasteiger partial charge on any atom is -0.462 e. The van der Waals surface area contributed by atoms with Gasteiger partial charge in [-0.2, -0.15) is 0 Å². The first-order valence-electron chi connectivity index (χ1n) is 13.6. The first-order chi connectivity index (χ1) is 15.1. The molecule has 3 fully saturated rings. The van der Waals surface area contributed by atoms with Crippen molar-refractivity contribution in [2.75, 3.05) is 0 Å². The molecule has 3 saturated carbocycles. The second kappa shape index (κ2) is 8.95. The van der Waals surface area contributed by atoms with Crippen LogP contribution in [0.5, 0.6) is 0 Å². The molecule has 4 aliphatic carbocycles. The van der Waals surface area contributed by atoms with Crippen LogP contribution in [0.4, 0.5) is 0 Å². The fraction of sp³-hybridized carbons (Fsp3) is 0.833. The van der Waals surface area contributed by atoms with Crippen molar-refractivity contribution in [3.05, 3.63) is 23.8 Å². The Morgan fingerprint density at radius 2 is 1.78 bits per heavy atom. The molecule has 0 aromatic rings. The number of carbonyl (C=O) groups excluding carboxylic acids is 1. The maximum atomic E-state index is 11.5. The Kier molecular flexibility index (Phi) is 6.74. The molecule has 1 unspecified atom stereocenters. The molecule has 0 amide bonds. The Bertz CT molecular complexity index is 763. The summed E-state index contributed by atoms with van der Waals surface area (Å²) in [7, 11) is 0. The molecule has 0 N–H and O–H groups in total. The van der Waals surface area contributed by atoms with Crippen LogP contribution in [0.25, 0.3) is 0 Å².